The van der Waals surface area contributed by atoms with Crippen LogP contribution < -0.4 is 5.56 Å². The maximum atomic E-state index is 12.0. The Hall–Kier alpha value is -1.36. The number of nitrogens with zero attached hydrogens (tertiary/aromatic N) is 1. The van der Waals surface area contributed by atoms with E-state index in [1.165, 1.54) is 17.7 Å². The molecule has 3 aromatic rings. The normalized spacial score (nSPS) is 11.1. The van der Waals surface area contributed by atoms with Crippen LogP contribution in [-0.4, -0.2) is 9.97 Å². The Morgan fingerprint density at radius 1 is 1.26 bits per heavy atom. The molecular formula is C13H8Cl2N2OS. The molecular weight excluding hydrogens is 303 g/mol. The number of hydrogen-bond acceptors (Lipinski definition) is 3. The molecule has 0 unspecified atom stereocenters. The first kappa shape index (κ1) is 12.7. The molecule has 2 aromatic heterocycles. The number of halogens is 2. The van der Waals surface area contributed by atoms with E-state index >= 15 is 0 Å². The standard InChI is InChI=1S/C13H8Cl2N2OS/c1-6-10(7-2-3-8(14)9(15)4-7)11-12(18)16-5-17-13(11)19-6/h2-5H,1H3,(H,16,17,18). The summed E-state index contributed by atoms with van der Waals surface area (Å²) in [5.74, 6) is 0. The highest BCUT2D eigenvalue weighted by atomic mass is 35.5. The van der Waals surface area contributed by atoms with Gasteiger partial charge in [0.1, 0.15) is 4.83 Å². The summed E-state index contributed by atoms with van der Waals surface area (Å²) in [6.07, 6.45) is 1.42. The monoisotopic (exact) mass is 310 g/mol. The van der Waals surface area contributed by atoms with Crippen molar-refractivity contribution in [1.82, 2.24) is 9.97 Å². The van der Waals surface area contributed by atoms with Gasteiger partial charge in [-0.15, -0.1) is 11.3 Å². The van der Waals surface area contributed by atoms with Crippen LogP contribution in [0.3, 0.4) is 0 Å². The van der Waals surface area contributed by atoms with E-state index in [0.29, 0.717) is 15.4 Å². The zero-order chi connectivity index (χ0) is 13.6. The summed E-state index contributed by atoms with van der Waals surface area (Å²) in [5, 5.41) is 1.57. The van der Waals surface area contributed by atoms with Gasteiger partial charge in [-0.05, 0) is 24.6 Å². The first-order chi connectivity index (χ1) is 9.08. The van der Waals surface area contributed by atoms with Crippen molar-refractivity contribution < 1.29 is 0 Å². The predicted molar refractivity (Wildman–Crippen MR) is 80.4 cm³/mol. The van der Waals surface area contributed by atoms with Crippen LogP contribution in [0.2, 0.25) is 10.0 Å². The van der Waals surface area contributed by atoms with Gasteiger partial charge in [-0.25, -0.2) is 4.98 Å². The van der Waals surface area contributed by atoms with Crippen LogP contribution in [0, 0.1) is 6.92 Å². The van der Waals surface area contributed by atoms with Crippen molar-refractivity contribution in [3.8, 4) is 11.1 Å². The van der Waals surface area contributed by atoms with E-state index in [0.717, 1.165) is 20.8 Å². The minimum atomic E-state index is -0.143. The van der Waals surface area contributed by atoms with Crippen LogP contribution in [0.1, 0.15) is 4.88 Å². The highest BCUT2D eigenvalue weighted by molar-refractivity contribution is 7.19. The molecule has 96 valence electrons. The average molecular weight is 311 g/mol. The second-order valence-electron chi connectivity index (χ2n) is 4.07. The van der Waals surface area contributed by atoms with Gasteiger partial charge in [-0.3, -0.25) is 4.79 Å². The van der Waals surface area contributed by atoms with Crippen LogP contribution in [-0.2, 0) is 0 Å². The zero-order valence-electron chi connectivity index (χ0n) is 9.83. The quantitative estimate of drug-likeness (QED) is 0.729. The van der Waals surface area contributed by atoms with E-state index in [9.17, 15) is 4.79 Å². The third-order valence-electron chi connectivity index (χ3n) is 2.88. The number of nitrogens with one attached hydrogen (secondary N) is 1. The maximum Gasteiger partial charge on any atom is 0.260 e. The number of rotatable bonds is 1. The van der Waals surface area contributed by atoms with Gasteiger partial charge in [0.15, 0.2) is 0 Å². The van der Waals surface area contributed by atoms with Crippen molar-refractivity contribution in [3.05, 3.63) is 49.8 Å². The molecule has 1 aromatic carbocycles. The van der Waals surface area contributed by atoms with Gasteiger partial charge in [0, 0.05) is 10.4 Å². The molecule has 0 fully saturated rings. The van der Waals surface area contributed by atoms with Gasteiger partial charge in [-0.1, -0.05) is 29.3 Å². The molecule has 0 aliphatic rings. The fraction of sp³-hybridized carbons (Fsp3) is 0.0769. The molecule has 0 bridgehead atoms. The summed E-state index contributed by atoms with van der Waals surface area (Å²) in [6.45, 7) is 1.96. The van der Waals surface area contributed by atoms with Crippen molar-refractivity contribution in [1.29, 1.82) is 0 Å². The average Bonchev–Trinajstić information content (AvgIpc) is 2.70. The highest BCUT2D eigenvalue weighted by Gasteiger charge is 2.15. The Bertz CT molecular complexity index is 838. The topological polar surface area (TPSA) is 45.8 Å². The zero-order valence-corrected chi connectivity index (χ0v) is 12.2. The van der Waals surface area contributed by atoms with Gasteiger partial charge >= 0.3 is 0 Å². The number of aromatic nitrogens is 2. The van der Waals surface area contributed by atoms with Crippen LogP contribution >= 0.6 is 34.5 Å². The van der Waals surface area contributed by atoms with E-state index in [1.807, 2.05) is 13.0 Å². The molecule has 0 saturated carbocycles. The van der Waals surface area contributed by atoms with E-state index in [-0.39, 0.29) is 5.56 Å². The third kappa shape index (κ3) is 2.06. The molecule has 2 heterocycles. The minimum absolute atomic E-state index is 0.143. The SMILES string of the molecule is Cc1sc2nc[nH]c(=O)c2c1-c1ccc(Cl)c(Cl)c1. The van der Waals surface area contributed by atoms with Gasteiger partial charge < -0.3 is 4.98 Å². The van der Waals surface area contributed by atoms with Gasteiger partial charge in [0.25, 0.3) is 5.56 Å². The lowest BCUT2D eigenvalue weighted by atomic mass is 10.0. The molecule has 0 amide bonds. The fourth-order valence-electron chi connectivity index (χ4n) is 2.05. The summed E-state index contributed by atoms with van der Waals surface area (Å²) in [4.78, 5) is 20.5. The summed E-state index contributed by atoms with van der Waals surface area (Å²) in [7, 11) is 0. The fourth-order valence-corrected chi connectivity index (χ4v) is 3.36. The van der Waals surface area contributed by atoms with Gasteiger partial charge in [0.2, 0.25) is 0 Å². The van der Waals surface area contributed by atoms with Crippen LogP contribution in [0.5, 0.6) is 0 Å². The molecule has 6 heteroatoms. The number of aryl methyl sites for hydroxylation is 1. The Morgan fingerprint density at radius 2 is 2.05 bits per heavy atom. The van der Waals surface area contributed by atoms with E-state index in [2.05, 4.69) is 9.97 Å². The van der Waals surface area contributed by atoms with Crippen LogP contribution in [0.15, 0.2) is 29.3 Å². The first-order valence-electron chi connectivity index (χ1n) is 5.50. The number of hydrogen-bond donors (Lipinski definition) is 1. The molecule has 3 rings (SSSR count). The Balaban J connectivity index is 2.39. The molecule has 0 saturated heterocycles. The summed E-state index contributed by atoms with van der Waals surface area (Å²) < 4.78 is 0. The molecule has 0 spiro atoms. The summed E-state index contributed by atoms with van der Waals surface area (Å²) >= 11 is 13.5. The van der Waals surface area contributed by atoms with Crippen molar-refractivity contribution in [2.24, 2.45) is 0 Å². The van der Waals surface area contributed by atoms with Crippen molar-refractivity contribution in [2.45, 2.75) is 6.92 Å². The Morgan fingerprint density at radius 3 is 2.79 bits per heavy atom. The maximum absolute atomic E-state index is 12.0. The first-order valence-corrected chi connectivity index (χ1v) is 7.07. The largest absolute Gasteiger partial charge is 0.313 e. The summed E-state index contributed by atoms with van der Waals surface area (Å²) in [6, 6.07) is 5.35. The number of H-pyrrole nitrogens is 1. The van der Waals surface area contributed by atoms with E-state index in [4.69, 9.17) is 23.2 Å². The lowest BCUT2D eigenvalue weighted by molar-refractivity contribution is 1.18. The van der Waals surface area contributed by atoms with E-state index < -0.39 is 0 Å². The Kier molecular flexibility index (Phi) is 3.09. The summed E-state index contributed by atoms with van der Waals surface area (Å²) in [5.41, 5.74) is 1.60. The number of aromatic amines is 1. The second-order valence-corrected chi connectivity index (χ2v) is 6.09. The van der Waals surface area contributed by atoms with Gasteiger partial charge in [-0.2, -0.15) is 0 Å². The van der Waals surface area contributed by atoms with Crippen LogP contribution in [0.4, 0.5) is 0 Å². The number of fused-ring (bicyclic) bond motifs is 1. The molecule has 0 aliphatic heterocycles. The van der Waals surface area contributed by atoms with Gasteiger partial charge in [0.05, 0.1) is 21.8 Å². The molecule has 3 nitrogen and oxygen atoms in total. The molecule has 19 heavy (non-hydrogen) atoms. The second kappa shape index (κ2) is 4.63. The van der Waals surface area contributed by atoms with Crippen molar-refractivity contribution in [2.75, 3.05) is 0 Å². The number of benzene rings is 1. The molecule has 1 N–H and O–H groups in total. The molecule has 0 atom stereocenters. The van der Waals surface area contributed by atoms with Crippen LogP contribution in [0.25, 0.3) is 21.3 Å². The lowest BCUT2D eigenvalue weighted by Crippen LogP contribution is -2.05. The minimum Gasteiger partial charge on any atom is -0.313 e. The van der Waals surface area contributed by atoms with Crippen molar-refractivity contribution in [3.63, 3.8) is 0 Å². The molecule has 0 radical (unpaired) electrons. The lowest BCUT2D eigenvalue weighted by Gasteiger charge is -2.03. The smallest absolute Gasteiger partial charge is 0.260 e. The molecule has 0 aliphatic carbocycles. The predicted octanol–water partition coefficient (Wildman–Crippen LogP) is 4.27. The Labute approximate surface area is 122 Å². The van der Waals surface area contributed by atoms with Crippen molar-refractivity contribution >= 4 is 44.8 Å². The highest BCUT2D eigenvalue weighted by Crippen LogP contribution is 2.37. The number of thiophene rings is 1. The third-order valence-corrected chi connectivity index (χ3v) is 4.63. The van der Waals surface area contributed by atoms with E-state index in [1.54, 1.807) is 12.1 Å².